The molecule has 0 bridgehead atoms. The predicted molar refractivity (Wildman–Crippen MR) is 79.3 cm³/mol. The van der Waals surface area contributed by atoms with E-state index in [0.29, 0.717) is 12.2 Å². The number of unbranched alkanes of at least 4 members (excludes halogenated alkanes) is 3. The molecule has 1 fully saturated rings. The smallest absolute Gasteiger partial charge is 0.414 e. The van der Waals surface area contributed by atoms with Crippen LogP contribution in [0.2, 0.25) is 0 Å². The number of rotatable bonds is 7. The number of carbonyl (C=O) groups is 1. The molecule has 1 aromatic carbocycles. The molecule has 1 heterocycles. The summed E-state index contributed by atoms with van der Waals surface area (Å²) in [5, 5.41) is 0. The summed E-state index contributed by atoms with van der Waals surface area (Å²) < 4.78 is 23.9. The molecule has 0 aliphatic carbocycles. The molecule has 1 aliphatic rings. The highest BCUT2D eigenvalue weighted by Gasteiger charge is 2.32. The van der Waals surface area contributed by atoms with Crippen LogP contribution in [0.1, 0.15) is 39.0 Å². The molecular formula is C16H22FNO3. The third-order valence-electron chi connectivity index (χ3n) is 3.70. The SMILES string of the molecule is CCCCCCC1CN(c2ccc(OC)c(F)c2)C(=O)O1. The van der Waals surface area contributed by atoms with Crippen LogP contribution in [0.5, 0.6) is 5.75 Å². The number of methoxy groups -OCH3 is 1. The summed E-state index contributed by atoms with van der Waals surface area (Å²) in [6, 6.07) is 4.49. The van der Waals surface area contributed by atoms with Crippen LogP contribution in [-0.2, 0) is 4.74 Å². The maximum Gasteiger partial charge on any atom is 0.414 e. The van der Waals surface area contributed by atoms with E-state index in [1.807, 2.05) is 0 Å². The van der Waals surface area contributed by atoms with Gasteiger partial charge in [0.1, 0.15) is 6.10 Å². The molecule has 1 aliphatic heterocycles. The van der Waals surface area contributed by atoms with Crippen molar-refractivity contribution in [2.75, 3.05) is 18.6 Å². The zero-order valence-electron chi connectivity index (χ0n) is 12.6. The number of benzene rings is 1. The third kappa shape index (κ3) is 3.86. The molecule has 4 nitrogen and oxygen atoms in total. The standard InChI is InChI=1S/C16H22FNO3/c1-3-4-5-6-7-13-11-18(16(19)21-13)12-8-9-15(20-2)14(17)10-12/h8-10,13H,3-7,11H2,1-2H3. The minimum Gasteiger partial charge on any atom is -0.494 e. The van der Waals surface area contributed by atoms with Gasteiger partial charge in [-0.3, -0.25) is 4.90 Å². The molecule has 1 saturated heterocycles. The van der Waals surface area contributed by atoms with Gasteiger partial charge >= 0.3 is 6.09 Å². The first-order valence-corrected chi connectivity index (χ1v) is 7.47. The van der Waals surface area contributed by atoms with E-state index in [4.69, 9.17) is 9.47 Å². The van der Waals surface area contributed by atoms with Gasteiger partial charge in [0.15, 0.2) is 11.6 Å². The molecule has 2 rings (SSSR count). The lowest BCUT2D eigenvalue weighted by molar-refractivity contribution is 0.135. The van der Waals surface area contributed by atoms with Crippen molar-refractivity contribution < 1.29 is 18.7 Å². The molecule has 0 N–H and O–H groups in total. The van der Waals surface area contributed by atoms with E-state index < -0.39 is 11.9 Å². The molecule has 0 aromatic heterocycles. The molecule has 21 heavy (non-hydrogen) atoms. The van der Waals surface area contributed by atoms with Gasteiger partial charge in [0.05, 0.1) is 19.3 Å². The van der Waals surface area contributed by atoms with E-state index >= 15 is 0 Å². The molecule has 1 amide bonds. The molecule has 0 radical (unpaired) electrons. The summed E-state index contributed by atoms with van der Waals surface area (Å²) in [7, 11) is 1.41. The van der Waals surface area contributed by atoms with Crippen molar-refractivity contribution in [2.24, 2.45) is 0 Å². The Hall–Kier alpha value is -1.78. The first kappa shape index (κ1) is 15.6. The van der Waals surface area contributed by atoms with E-state index in [1.54, 1.807) is 6.07 Å². The highest BCUT2D eigenvalue weighted by atomic mass is 19.1. The van der Waals surface area contributed by atoms with Crippen LogP contribution >= 0.6 is 0 Å². The zero-order chi connectivity index (χ0) is 15.2. The lowest BCUT2D eigenvalue weighted by atomic mass is 10.1. The summed E-state index contributed by atoms with van der Waals surface area (Å²) in [6.07, 6.45) is 4.95. The van der Waals surface area contributed by atoms with Gasteiger partial charge in [0.2, 0.25) is 0 Å². The van der Waals surface area contributed by atoms with Gasteiger partial charge in [-0.05, 0) is 25.0 Å². The number of carbonyl (C=O) groups excluding carboxylic acids is 1. The number of amides is 1. The van der Waals surface area contributed by atoms with Crippen molar-refractivity contribution >= 4 is 11.8 Å². The summed E-state index contributed by atoms with van der Waals surface area (Å²) in [5.74, 6) is -0.309. The van der Waals surface area contributed by atoms with Crippen LogP contribution in [0.25, 0.3) is 0 Å². The highest BCUT2D eigenvalue weighted by Crippen LogP contribution is 2.28. The molecule has 116 valence electrons. The second-order valence-electron chi connectivity index (χ2n) is 5.28. The Bertz CT molecular complexity index is 492. The largest absolute Gasteiger partial charge is 0.494 e. The topological polar surface area (TPSA) is 38.8 Å². The van der Waals surface area contributed by atoms with Crippen molar-refractivity contribution in [3.63, 3.8) is 0 Å². The lowest BCUT2D eigenvalue weighted by Crippen LogP contribution is -2.24. The van der Waals surface area contributed by atoms with Gasteiger partial charge in [-0.1, -0.05) is 26.2 Å². The summed E-state index contributed by atoms with van der Waals surface area (Å²) in [6.45, 7) is 2.65. The minimum atomic E-state index is -0.478. The van der Waals surface area contributed by atoms with E-state index in [-0.39, 0.29) is 11.9 Å². The molecular weight excluding hydrogens is 273 g/mol. The van der Waals surface area contributed by atoms with Gasteiger partial charge in [-0.2, -0.15) is 0 Å². The Morgan fingerprint density at radius 1 is 1.38 bits per heavy atom. The van der Waals surface area contributed by atoms with E-state index in [1.165, 1.54) is 37.0 Å². The Kier molecular flexibility index (Phi) is 5.42. The van der Waals surface area contributed by atoms with E-state index in [2.05, 4.69) is 6.92 Å². The number of anilines is 1. The van der Waals surface area contributed by atoms with Gasteiger partial charge in [0.25, 0.3) is 0 Å². The zero-order valence-corrected chi connectivity index (χ0v) is 12.6. The van der Waals surface area contributed by atoms with Crippen LogP contribution < -0.4 is 9.64 Å². The molecule has 5 heteroatoms. The van der Waals surface area contributed by atoms with Crippen molar-refractivity contribution in [3.05, 3.63) is 24.0 Å². The van der Waals surface area contributed by atoms with Crippen LogP contribution in [-0.4, -0.2) is 25.9 Å². The lowest BCUT2D eigenvalue weighted by Gasteiger charge is -2.14. The Morgan fingerprint density at radius 2 is 2.19 bits per heavy atom. The molecule has 0 spiro atoms. The summed E-state index contributed by atoms with van der Waals surface area (Å²) in [4.78, 5) is 13.4. The second-order valence-corrected chi connectivity index (χ2v) is 5.28. The fourth-order valence-electron chi connectivity index (χ4n) is 2.50. The van der Waals surface area contributed by atoms with Crippen molar-refractivity contribution in [3.8, 4) is 5.75 Å². The second kappa shape index (κ2) is 7.29. The van der Waals surface area contributed by atoms with E-state index in [9.17, 15) is 9.18 Å². The Morgan fingerprint density at radius 3 is 2.86 bits per heavy atom. The molecule has 1 atom stereocenters. The predicted octanol–water partition coefficient (Wildman–Crippen LogP) is 4.13. The fraction of sp³-hybridized carbons (Fsp3) is 0.562. The van der Waals surface area contributed by atoms with Crippen LogP contribution in [0.15, 0.2) is 18.2 Å². The summed E-state index contributed by atoms with van der Waals surface area (Å²) in [5.41, 5.74) is 0.509. The highest BCUT2D eigenvalue weighted by molar-refractivity contribution is 5.89. The molecule has 1 aromatic rings. The number of hydrogen-bond acceptors (Lipinski definition) is 3. The maximum atomic E-state index is 13.7. The molecule has 1 unspecified atom stereocenters. The monoisotopic (exact) mass is 295 g/mol. The fourth-order valence-corrected chi connectivity index (χ4v) is 2.50. The Balaban J connectivity index is 1.95. The minimum absolute atomic E-state index is 0.0977. The van der Waals surface area contributed by atoms with Crippen molar-refractivity contribution in [1.82, 2.24) is 0 Å². The van der Waals surface area contributed by atoms with Crippen molar-refractivity contribution in [2.45, 2.75) is 45.1 Å². The number of nitrogens with zero attached hydrogens (tertiary/aromatic N) is 1. The van der Waals surface area contributed by atoms with Gasteiger partial charge < -0.3 is 9.47 Å². The first-order valence-electron chi connectivity index (χ1n) is 7.47. The normalized spacial score (nSPS) is 18.0. The average molecular weight is 295 g/mol. The van der Waals surface area contributed by atoms with Gasteiger partial charge in [-0.15, -0.1) is 0 Å². The number of hydrogen-bond donors (Lipinski definition) is 0. The molecule has 0 saturated carbocycles. The summed E-state index contributed by atoms with van der Waals surface area (Å²) >= 11 is 0. The third-order valence-corrected chi connectivity index (χ3v) is 3.70. The van der Waals surface area contributed by atoms with E-state index in [0.717, 1.165) is 19.3 Å². The first-order chi connectivity index (χ1) is 10.2. The quantitative estimate of drug-likeness (QED) is 0.710. The number of cyclic esters (lactones) is 1. The van der Waals surface area contributed by atoms with Crippen LogP contribution in [0.3, 0.4) is 0 Å². The maximum absolute atomic E-state index is 13.7. The Labute approximate surface area is 124 Å². The number of ether oxygens (including phenoxy) is 2. The number of halogens is 1. The van der Waals surface area contributed by atoms with Crippen LogP contribution in [0, 0.1) is 5.82 Å². The van der Waals surface area contributed by atoms with Gasteiger partial charge in [-0.25, -0.2) is 9.18 Å². The van der Waals surface area contributed by atoms with Crippen molar-refractivity contribution in [1.29, 1.82) is 0 Å². The average Bonchev–Trinajstić information content (AvgIpc) is 2.84. The van der Waals surface area contributed by atoms with Crippen LogP contribution in [0.4, 0.5) is 14.9 Å². The van der Waals surface area contributed by atoms with Gasteiger partial charge in [0, 0.05) is 6.07 Å².